The van der Waals surface area contributed by atoms with E-state index in [-0.39, 0.29) is 22.9 Å². The predicted molar refractivity (Wildman–Crippen MR) is 121 cm³/mol. The summed E-state index contributed by atoms with van der Waals surface area (Å²) in [6, 6.07) is 10.0. The third-order valence-electron chi connectivity index (χ3n) is 6.51. The van der Waals surface area contributed by atoms with Gasteiger partial charge in [0.05, 0.1) is 24.1 Å². The van der Waals surface area contributed by atoms with Gasteiger partial charge in [0.1, 0.15) is 4.83 Å². The van der Waals surface area contributed by atoms with E-state index in [1.807, 2.05) is 34.9 Å². The number of aromatic nitrogens is 2. The summed E-state index contributed by atoms with van der Waals surface area (Å²) in [6.07, 6.45) is 5.86. The molecule has 2 aliphatic rings. The van der Waals surface area contributed by atoms with E-state index in [4.69, 9.17) is 4.74 Å². The van der Waals surface area contributed by atoms with Crippen LogP contribution in [0.1, 0.15) is 68.0 Å². The Morgan fingerprint density at radius 2 is 1.83 bits per heavy atom. The Morgan fingerprint density at radius 1 is 1.10 bits per heavy atom. The molecule has 1 aromatic carbocycles. The maximum atomic E-state index is 13.7. The van der Waals surface area contributed by atoms with Crippen LogP contribution in [-0.4, -0.2) is 14.7 Å². The van der Waals surface area contributed by atoms with Crippen LogP contribution in [0.4, 0.5) is 0 Å². The number of hydrogen-bond donors (Lipinski definition) is 0. The number of benzene rings is 1. The first-order valence-electron chi connectivity index (χ1n) is 10.9. The second kappa shape index (κ2) is 7.50. The second-order valence-corrected chi connectivity index (χ2v) is 10.3. The Kier molecular flexibility index (Phi) is 4.94. The molecule has 0 N–H and O–H groups in total. The van der Waals surface area contributed by atoms with Gasteiger partial charge < -0.3 is 4.74 Å². The topological polar surface area (TPSA) is 53.2 Å². The van der Waals surface area contributed by atoms with Gasteiger partial charge in [0.25, 0.3) is 5.56 Å². The summed E-state index contributed by atoms with van der Waals surface area (Å²) in [5.41, 5.74) is 1.59. The summed E-state index contributed by atoms with van der Waals surface area (Å²) in [5.74, 6) is 0. The zero-order valence-corrected chi connectivity index (χ0v) is 18.5. The van der Waals surface area contributed by atoms with Crippen molar-refractivity contribution in [3.63, 3.8) is 0 Å². The van der Waals surface area contributed by atoms with Crippen LogP contribution in [0.5, 0.6) is 0 Å². The molecule has 6 heteroatoms. The van der Waals surface area contributed by atoms with Gasteiger partial charge in [-0.3, -0.25) is 13.9 Å². The van der Waals surface area contributed by atoms with Crippen LogP contribution >= 0.6 is 11.3 Å². The first-order chi connectivity index (χ1) is 14.4. The first-order valence-corrected chi connectivity index (χ1v) is 11.7. The van der Waals surface area contributed by atoms with Crippen molar-refractivity contribution in [1.29, 1.82) is 0 Å². The highest BCUT2D eigenvalue weighted by Gasteiger charge is 2.33. The van der Waals surface area contributed by atoms with E-state index in [2.05, 4.69) is 13.8 Å². The quantitative estimate of drug-likeness (QED) is 0.616. The lowest BCUT2D eigenvalue weighted by atomic mass is 9.93. The van der Waals surface area contributed by atoms with Crippen LogP contribution in [0.2, 0.25) is 0 Å². The zero-order chi connectivity index (χ0) is 20.9. The Bertz CT molecular complexity index is 1200. The van der Waals surface area contributed by atoms with Crippen LogP contribution in [0, 0.1) is 0 Å². The van der Waals surface area contributed by atoms with Gasteiger partial charge in [-0.15, -0.1) is 11.3 Å². The highest BCUT2D eigenvalue weighted by molar-refractivity contribution is 7.18. The minimum Gasteiger partial charge on any atom is -0.370 e. The summed E-state index contributed by atoms with van der Waals surface area (Å²) in [7, 11) is 0. The van der Waals surface area contributed by atoms with E-state index in [0.717, 1.165) is 51.9 Å². The van der Waals surface area contributed by atoms with Gasteiger partial charge >= 0.3 is 5.69 Å². The molecule has 1 saturated carbocycles. The van der Waals surface area contributed by atoms with Crippen molar-refractivity contribution in [3.8, 4) is 0 Å². The number of fused-ring (bicyclic) bond motifs is 3. The van der Waals surface area contributed by atoms with E-state index in [0.29, 0.717) is 19.6 Å². The van der Waals surface area contributed by atoms with E-state index >= 15 is 0 Å². The molecule has 3 heterocycles. The Balaban J connectivity index is 1.77. The van der Waals surface area contributed by atoms with Crippen LogP contribution in [-0.2, 0) is 24.3 Å². The van der Waals surface area contributed by atoms with Crippen molar-refractivity contribution in [2.45, 2.75) is 77.2 Å². The summed E-state index contributed by atoms with van der Waals surface area (Å²) < 4.78 is 9.42. The largest absolute Gasteiger partial charge is 0.370 e. The fourth-order valence-corrected chi connectivity index (χ4v) is 6.15. The number of thiophene rings is 1. The molecular formula is C24H28N2O3S. The first kappa shape index (κ1) is 19.8. The van der Waals surface area contributed by atoms with E-state index in [1.54, 1.807) is 15.9 Å². The van der Waals surface area contributed by atoms with Crippen molar-refractivity contribution < 1.29 is 4.74 Å². The lowest BCUT2D eigenvalue weighted by Gasteiger charge is -2.30. The molecule has 158 valence electrons. The van der Waals surface area contributed by atoms with Crippen LogP contribution < -0.4 is 11.2 Å². The highest BCUT2D eigenvalue weighted by Crippen LogP contribution is 2.38. The molecule has 3 aromatic rings. The second-order valence-electron chi connectivity index (χ2n) is 9.23. The van der Waals surface area contributed by atoms with Gasteiger partial charge in [-0.05, 0) is 37.8 Å². The van der Waals surface area contributed by atoms with Crippen molar-refractivity contribution in [2.24, 2.45) is 0 Å². The standard InChI is InChI=1S/C24H28N2O3S/c1-24(2)13-18-19(15-29-24)30-22-20(18)21(27)26(17-11-7-4-8-12-17)23(28)25(22)14-16-9-5-3-6-10-16/h3,5-6,9-10,17H,4,7-8,11-15H2,1-2H3. The molecule has 0 atom stereocenters. The monoisotopic (exact) mass is 424 g/mol. The number of rotatable bonds is 3. The molecule has 0 spiro atoms. The fourth-order valence-electron chi connectivity index (χ4n) is 4.94. The lowest BCUT2D eigenvalue weighted by Crippen LogP contribution is -2.43. The Labute approximate surface area is 179 Å². The molecule has 5 rings (SSSR count). The van der Waals surface area contributed by atoms with Crippen LogP contribution in [0.25, 0.3) is 10.2 Å². The van der Waals surface area contributed by atoms with E-state index < -0.39 is 0 Å². The molecule has 5 nitrogen and oxygen atoms in total. The van der Waals surface area contributed by atoms with Gasteiger partial charge in [0.2, 0.25) is 0 Å². The van der Waals surface area contributed by atoms with Crippen molar-refractivity contribution in [3.05, 3.63) is 67.2 Å². The van der Waals surface area contributed by atoms with E-state index in [9.17, 15) is 9.59 Å². The molecule has 1 aliphatic carbocycles. The number of ether oxygens (including phenoxy) is 1. The summed E-state index contributed by atoms with van der Waals surface area (Å²) >= 11 is 1.55. The van der Waals surface area contributed by atoms with Gasteiger partial charge in [0, 0.05) is 17.3 Å². The maximum Gasteiger partial charge on any atom is 0.332 e. The van der Waals surface area contributed by atoms with Gasteiger partial charge in [0.15, 0.2) is 0 Å². The van der Waals surface area contributed by atoms with Gasteiger partial charge in [-0.2, -0.15) is 0 Å². The predicted octanol–water partition coefficient (Wildman–Crippen LogP) is 4.63. The van der Waals surface area contributed by atoms with Crippen LogP contribution in [0.3, 0.4) is 0 Å². The molecule has 1 fully saturated rings. The smallest absolute Gasteiger partial charge is 0.332 e. The molecule has 0 radical (unpaired) electrons. The van der Waals surface area contributed by atoms with Crippen molar-refractivity contribution in [1.82, 2.24) is 9.13 Å². The minimum absolute atomic E-state index is 0.00794. The molecular weight excluding hydrogens is 396 g/mol. The number of nitrogens with zero attached hydrogens (tertiary/aromatic N) is 2. The van der Waals surface area contributed by atoms with Crippen molar-refractivity contribution in [2.75, 3.05) is 0 Å². The highest BCUT2D eigenvalue weighted by atomic mass is 32.1. The van der Waals surface area contributed by atoms with E-state index in [1.165, 1.54) is 6.42 Å². The molecule has 0 unspecified atom stereocenters. The zero-order valence-electron chi connectivity index (χ0n) is 17.6. The minimum atomic E-state index is -0.302. The average molecular weight is 425 g/mol. The maximum absolute atomic E-state index is 13.7. The Morgan fingerprint density at radius 3 is 2.57 bits per heavy atom. The molecule has 2 aromatic heterocycles. The Hall–Kier alpha value is -2.18. The molecule has 0 bridgehead atoms. The number of hydrogen-bond acceptors (Lipinski definition) is 4. The third kappa shape index (κ3) is 3.36. The van der Waals surface area contributed by atoms with Crippen LogP contribution in [0.15, 0.2) is 39.9 Å². The molecule has 30 heavy (non-hydrogen) atoms. The summed E-state index contributed by atoms with van der Waals surface area (Å²) in [4.78, 5) is 29.2. The normalized spacial score (nSPS) is 19.1. The lowest BCUT2D eigenvalue weighted by molar-refractivity contribution is -0.0379. The SMILES string of the molecule is CC1(C)Cc2c(sc3c2c(=O)n(C2CCCCC2)c(=O)n3Cc2ccccc2)CO1. The third-order valence-corrected chi connectivity index (χ3v) is 7.74. The van der Waals surface area contributed by atoms with Gasteiger partial charge in [-0.1, -0.05) is 49.6 Å². The summed E-state index contributed by atoms with van der Waals surface area (Å²) in [6.45, 7) is 5.12. The van der Waals surface area contributed by atoms with Gasteiger partial charge in [-0.25, -0.2) is 4.79 Å². The average Bonchev–Trinajstić information content (AvgIpc) is 3.10. The molecule has 0 saturated heterocycles. The summed E-state index contributed by atoms with van der Waals surface area (Å²) in [5, 5.41) is 0.743. The molecule has 0 amide bonds. The molecule has 1 aliphatic heterocycles. The van der Waals surface area contributed by atoms with Crippen molar-refractivity contribution >= 4 is 21.6 Å². The fraction of sp³-hybridized carbons (Fsp3) is 0.500.